The molecule has 1 aliphatic heterocycles. The van der Waals surface area contributed by atoms with Crippen molar-refractivity contribution in [1.29, 1.82) is 0 Å². The van der Waals surface area contributed by atoms with Gasteiger partial charge in [0, 0.05) is 5.69 Å². The van der Waals surface area contributed by atoms with Crippen molar-refractivity contribution < 1.29 is 39.5 Å². The number of nitrogens with one attached hydrogen (secondary N) is 2. The number of rotatable bonds is 7. The summed E-state index contributed by atoms with van der Waals surface area (Å²) in [5, 5.41) is 43.1. The van der Waals surface area contributed by atoms with Gasteiger partial charge < -0.3 is 46.3 Å². The molecule has 0 bridgehead atoms. The second-order valence-corrected chi connectivity index (χ2v) is 6.09. The Labute approximate surface area is 160 Å². The number of hydrogen-bond acceptors (Lipinski definition) is 8. The second kappa shape index (κ2) is 9.37. The molecule has 0 aliphatic carbocycles. The molecule has 1 aromatic rings. The summed E-state index contributed by atoms with van der Waals surface area (Å²) in [6, 6.07) is 3.65. The first-order valence-electron chi connectivity index (χ1n) is 8.32. The molecule has 0 radical (unpaired) electrons. The molecule has 0 saturated carbocycles. The van der Waals surface area contributed by atoms with Gasteiger partial charge in [0.05, 0.1) is 25.8 Å². The number of urea groups is 1. The topological polar surface area (TPSA) is 184 Å². The Hall–Kier alpha value is -2.86. The molecule has 28 heavy (non-hydrogen) atoms. The van der Waals surface area contributed by atoms with Crippen LogP contribution in [0.1, 0.15) is 0 Å². The standard InChI is InChI=1S/C17H23N3O8/c1-27-9-4-2-8(3-5-9)19-17(26)20-13-10(18)6-12(16(24)25)28-15(13)14(23)11(22)7-21/h2-6,10-11,13-15,21-23H,7,18H2,1H3,(H,24,25)(H2,19,20,26)/t10-,11+,13+,14+,15+/m0/s1. The molecule has 0 aromatic heterocycles. The predicted molar refractivity (Wildman–Crippen MR) is 96.6 cm³/mol. The number of carbonyl (C=O) groups is 2. The number of methoxy groups -OCH3 is 1. The van der Waals surface area contributed by atoms with Gasteiger partial charge in [0.2, 0.25) is 5.76 Å². The Kier molecular flexibility index (Phi) is 7.18. The van der Waals surface area contributed by atoms with Crippen molar-refractivity contribution in [2.24, 2.45) is 5.73 Å². The number of ether oxygens (including phenoxy) is 2. The van der Waals surface area contributed by atoms with Crippen LogP contribution in [-0.2, 0) is 9.53 Å². The molecule has 8 N–H and O–H groups in total. The first-order valence-corrected chi connectivity index (χ1v) is 8.32. The van der Waals surface area contributed by atoms with Crippen molar-refractivity contribution in [2.75, 3.05) is 19.0 Å². The molecular weight excluding hydrogens is 374 g/mol. The third kappa shape index (κ3) is 5.10. The van der Waals surface area contributed by atoms with Crippen LogP contribution in [-0.4, -0.2) is 76.5 Å². The molecule has 11 nitrogen and oxygen atoms in total. The highest BCUT2D eigenvalue weighted by Gasteiger charge is 2.42. The van der Waals surface area contributed by atoms with Crippen LogP contribution in [0.5, 0.6) is 5.75 Å². The highest BCUT2D eigenvalue weighted by atomic mass is 16.5. The minimum Gasteiger partial charge on any atom is -0.497 e. The van der Waals surface area contributed by atoms with Gasteiger partial charge in [0.25, 0.3) is 0 Å². The summed E-state index contributed by atoms with van der Waals surface area (Å²) >= 11 is 0. The van der Waals surface area contributed by atoms with Gasteiger partial charge in [-0.05, 0) is 30.3 Å². The van der Waals surface area contributed by atoms with Crippen LogP contribution in [0.25, 0.3) is 0 Å². The fourth-order valence-corrected chi connectivity index (χ4v) is 2.66. The average Bonchev–Trinajstić information content (AvgIpc) is 2.68. The van der Waals surface area contributed by atoms with Crippen LogP contribution in [0.3, 0.4) is 0 Å². The highest BCUT2D eigenvalue weighted by Crippen LogP contribution is 2.22. The zero-order valence-corrected chi connectivity index (χ0v) is 15.0. The number of hydrogen-bond donors (Lipinski definition) is 7. The largest absolute Gasteiger partial charge is 0.497 e. The number of benzene rings is 1. The maximum atomic E-state index is 12.3. The quantitative estimate of drug-likeness (QED) is 0.290. The number of aliphatic hydroxyl groups excluding tert-OH is 3. The Morgan fingerprint density at radius 1 is 1.29 bits per heavy atom. The van der Waals surface area contributed by atoms with Gasteiger partial charge >= 0.3 is 12.0 Å². The number of aliphatic hydroxyl groups is 3. The molecule has 0 saturated heterocycles. The van der Waals surface area contributed by atoms with E-state index < -0.39 is 54.8 Å². The summed E-state index contributed by atoms with van der Waals surface area (Å²) in [5.41, 5.74) is 6.37. The van der Waals surface area contributed by atoms with Crippen LogP contribution in [0, 0.1) is 0 Å². The summed E-state index contributed by atoms with van der Waals surface area (Å²) in [7, 11) is 1.50. The summed E-state index contributed by atoms with van der Waals surface area (Å²) in [4.78, 5) is 23.5. The maximum absolute atomic E-state index is 12.3. The van der Waals surface area contributed by atoms with Crippen LogP contribution < -0.4 is 21.1 Å². The van der Waals surface area contributed by atoms with E-state index in [0.717, 1.165) is 6.08 Å². The lowest BCUT2D eigenvalue weighted by molar-refractivity contribution is -0.144. The lowest BCUT2D eigenvalue weighted by Crippen LogP contribution is -2.62. The Balaban J connectivity index is 2.15. The van der Waals surface area contributed by atoms with E-state index in [1.54, 1.807) is 24.3 Å². The van der Waals surface area contributed by atoms with Gasteiger partial charge in [-0.2, -0.15) is 0 Å². The van der Waals surface area contributed by atoms with Crippen molar-refractivity contribution in [3.63, 3.8) is 0 Å². The van der Waals surface area contributed by atoms with Gasteiger partial charge in [-0.15, -0.1) is 0 Å². The van der Waals surface area contributed by atoms with Crippen LogP contribution in [0.4, 0.5) is 10.5 Å². The fraction of sp³-hybridized carbons (Fsp3) is 0.412. The van der Waals surface area contributed by atoms with Gasteiger partial charge in [-0.1, -0.05) is 0 Å². The smallest absolute Gasteiger partial charge is 0.370 e. The summed E-state index contributed by atoms with van der Waals surface area (Å²) < 4.78 is 10.2. The molecule has 5 atom stereocenters. The van der Waals surface area contributed by atoms with E-state index in [4.69, 9.17) is 25.4 Å². The maximum Gasteiger partial charge on any atom is 0.370 e. The van der Waals surface area contributed by atoms with E-state index in [1.165, 1.54) is 7.11 Å². The van der Waals surface area contributed by atoms with Crippen LogP contribution >= 0.6 is 0 Å². The van der Waals surface area contributed by atoms with E-state index in [2.05, 4.69) is 10.6 Å². The summed E-state index contributed by atoms with van der Waals surface area (Å²) in [6.07, 6.45) is -3.66. The normalized spacial score (nSPS) is 23.6. The average molecular weight is 397 g/mol. The first-order chi connectivity index (χ1) is 13.3. The predicted octanol–water partition coefficient (Wildman–Crippen LogP) is -1.41. The second-order valence-electron chi connectivity index (χ2n) is 6.09. The number of anilines is 1. The molecule has 0 fully saturated rings. The van der Waals surface area contributed by atoms with E-state index >= 15 is 0 Å². The molecular formula is C17H23N3O8. The highest BCUT2D eigenvalue weighted by molar-refractivity contribution is 5.90. The number of amides is 2. The van der Waals surface area contributed by atoms with Crippen molar-refractivity contribution in [3.05, 3.63) is 36.1 Å². The molecule has 2 amide bonds. The molecule has 1 heterocycles. The van der Waals surface area contributed by atoms with E-state index in [9.17, 15) is 19.8 Å². The van der Waals surface area contributed by atoms with Crippen LogP contribution in [0.15, 0.2) is 36.1 Å². The lowest BCUT2D eigenvalue weighted by atomic mass is 9.93. The third-order valence-electron chi connectivity index (χ3n) is 4.15. The Bertz CT molecular complexity index is 724. The number of aliphatic carboxylic acids is 1. The van der Waals surface area contributed by atoms with E-state index in [1.807, 2.05) is 0 Å². The van der Waals surface area contributed by atoms with Crippen LogP contribution in [0.2, 0.25) is 0 Å². The Morgan fingerprint density at radius 2 is 1.93 bits per heavy atom. The van der Waals surface area contributed by atoms with E-state index in [0.29, 0.717) is 11.4 Å². The van der Waals surface area contributed by atoms with Crippen molar-refractivity contribution in [3.8, 4) is 5.75 Å². The zero-order chi connectivity index (χ0) is 20.8. The van der Waals surface area contributed by atoms with Gasteiger partial charge in [-0.3, -0.25) is 0 Å². The van der Waals surface area contributed by atoms with Gasteiger partial charge in [0.15, 0.2) is 0 Å². The Morgan fingerprint density at radius 3 is 2.46 bits per heavy atom. The van der Waals surface area contributed by atoms with E-state index in [-0.39, 0.29) is 0 Å². The number of carboxylic acids is 1. The molecule has 11 heteroatoms. The molecule has 1 aliphatic rings. The molecule has 1 aromatic carbocycles. The molecule has 154 valence electrons. The van der Waals surface area contributed by atoms with Crippen molar-refractivity contribution in [1.82, 2.24) is 5.32 Å². The third-order valence-corrected chi connectivity index (χ3v) is 4.15. The SMILES string of the molecule is COc1ccc(NC(=O)N[C@H]2[C@H]([C@H](O)[C@H](O)CO)OC(C(=O)O)=C[C@@H]2N)cc1. The number of carboxylic acid groups (broad SMARTS) is 1. The minimum atomic E-state index is -1.70. The molecule has 2 rings (SSSR count). The summed E-state index contributed by atoms with van der Waals surface area (Å²) in [6.45, 7) is -0.798. The number of carbonyl (C=O) groups excluding carboxylic acids is 1. The molecule has 0 unspecified atom stereocenters. The minimum absolute atomic E-state index is 0.442. The van der Waals surface area contributed by atoms with Crippen molar-refractivity contribution in [2.45, 2.75) is 30.4 Å². The lowest BCUT2D eigenvalue weighted by Gasteiger charge is -2.38. The fourth-order valence-electron chi connectivity index (χ4n) is 2.66. The monoisotopic (exact) mass is 397 g/mol. The zero-order valence-electron chi connectivity index (χ0n) is 15.0. The van der Waals surface area contributed by atoms with Gasteiger partial charge in [0.1, 0.15) is 24.1 Å². The number of nitrogens with two attached hydrogens (primary N) is 1. The summed E-state index contributed by atoms with van der Waals surface area (Å²) in [5.74, 6) is -1.36. The van der Waals surface area contributed by atoms with Crippen molar-refractivity contribution >= 4 is 17.7 Å². The first kappa shape index (κ1) is 21.4. The van der Waals surface area contributed by atoms with Gasteiger partial charge in [-0.25, -0.2) is 9.59 Å². The molecule has 0 spiro atoms.